The van der Waals surface area contributed by atoms with Crippen molar-refractivity contribution in [2.75, 3.05) is 13.1 Å². The van der Waals surface area contributed by atoms with Crippen LogP contribution in [-0.4, -0.2) is 30.1 Å². The Hall–Kier alpha value is -1.10. The highest BCUT2D eigenvalue weighted by molar-refractivity contribution is 5.85. The molecule has 0 aromatic carbocycles. The number of hydrogen-bond acceptors (Lipinski definition) is 3. The van der Waals surface area contributed by atoms with Gasteiger partial charge in [0.15, 0.2) is 0 Å². The highest BCUT2D eigenvalue weighted by Crippen LogP contribution is 2.36. The lowest BCUT2D eigenvalue weighted by Gasteiger charge is -2.14. The first kappa shape index (κ1) is 12.0. The van der Waals surface area contributed by atoms with Crippen molar-refractivity contribution < 1.29 is 14.7 Å². The molecule has 5 nitrogen and oxygen atoms in total. The Labute approximate surface area is 89.0 Å². The molecule has 0 bridgehead atoms. The molecule has 3 unspecified atom stereocenters. The van der Waals surface area contributed by atoms with Gasteiger partial charge in [-0.15, -0.1) is 0 Å². The third kappa shape index (κ3) is 2.92. The zero-order valence-corrected chi connectivity index (χ0v) is 8.90. The van der Waals surface area contributed by atoms with Gasteiger partial charge in [0.2, 0.25) is 5.91 Å². The molecule has 1 aliphatic rings. The number of aliphatic carboxylic acids is 1. The quantitative estimate of drug-likeness (QED) is 0.604. The number of hydrogen-bond donors (Lipinski definition) is 3. The van der Waals surface area contributed by atoms with E-state index in [0.717, 1.165) is 0 Å². The zero-order chi connectivity index (χ0) is 11.4. The van der Waals surface area contributed by atoms with E-state index in [-0.39, 0.29) is 11.8 Å². The van der Waals surface area contributed by atoms with Crippen LogP contribution < -0.4 is 11.1 Å². The summed E-state index contributed by atoms with van der Waals surface area (Å²) in [5.41, 5.74) is 5.27. The monoisotopic (exact) mass is 214 g/mol. The predicted octanol–water partition coefficient (Wildman–Crippen LogP) is -0.192. The van der Waals surface area contributed by atoms with E-state index in [2.05, 4.69) is 5.32 Å². The fourth-order valence-electron chi connectivity index (χ4n) is 2.18. The van der Waals surface area contributed by atoms with Gasteiger partial charge in [-0.3, -0.25) is 9.59 Å². The minimum atomic E-state index is -0.868. The van der Waals surface area contributed by atoms with Gasteiger partial charge in [0.1, 0.15) is 0 Å². The van der Waals surface area contributed by atoms with Crippen molar-refractivity contribution in [1.29, 1.82) is 0 Å². The van der Waals surface area contributed by atoms with Crippen molar-refractivity contribution >= 4 is 11.9 Å². The zero-order valence-electron chi connectivity index (χ0n) is 8.90. The van der Waals surface area contributed by atoms with E-state index >= 15 is 0 Å². The van der Waals surface area contributed by atoms with E-state index in [4.69, 9.17) is 10.8 Å². The minimum Gasteiger partial charge on any atom is -0.481 e. The maximum atomic E-state index is 11.6. The number of nitrogens with one attached hydrogen (secondary N) is 1. The van der Waals surface area contributed by atoms with Gasteiger partial charge in [0.25, 0.3) is 0 Å². The van der Waals surface area contributed by atoms with E-state index in [0.29, 0.717) is 31.8 Å². The second kappa shape index (κ2) is 5.11. The van der Waals surface area contributed by atoms with E-state index in [9.17, 15) is 9.59 Å². The number of carbonyl (C=O) groups is 2. The molecular formula is C10H18N2O3. The summed E-state index contributed by atoms with van der Waals surface area (Å²) in [4.78, 5) is 22.6. The van der Waals surface area contributed by atoms with Crippen molar-refractivity contribution in [3.63, 3.8) is 0 Å². The largest absolute Gasteiger partial charge is 0.481 e. The van der Waals surface area contributed by atoms with Gasteiger partial charge in [-0.1, -0.05) is 6.92 Å². The van der Waals surface area contributed by atoms with Crippen LogP contribution in [0.4, 0.5) is 0 Å². The molecule has 1 fully saturated rings. The van der Waals surface area contributed by atoms with Crippen molar-refractivity contribution in [2.24, 2.45) is 23.5 Å². The van der Waals surface area contributed by atoms with Crippen LogP contribution in [0.3, 0.4) is 0 Å². The summed E-state index contributed by atoms with van der Waals surface area (Å²) in [6.45, 7) is 2.77. The Morgan fingerprint density at radius 3 is 2.53 bits per heavy atom. The number of carbonyl (C=O) groups excluding carboxylic acids is 1. The van der Waals surface area contributed by atoms with Crippen LogP contribution >= 0.6 is 0 Å². The Balaban J connectivity index is 2.58. The highest BCUT2D eigenvalue weighted by atomic mass is 16.4. The van der Waals surface area contributed by atoms with E-state index < -0.39 is 11.9 Å². The molecule has 86 valence electrons. The molecular weight excluding hydrogens is 196 g/mol. The number of rotatable bonds is 4. The average molecular weight is 214 g/mol. The Bertz CT molecular complexity index is 255. The summed E-state index contributed by atoms with van der Waals surface area (Å²) in [7, 11) is 0. The molecule has 1 aliphatic carbocycles. The second-order valence-electron chi connectivity index (χ2n) is 4.21. The standard InChI is InChI=1S/C10H18N2O3/c1-6-4-7(8(5-6)10(14)15)9(13)12-3-2-11/h6-8H,2-5,11H2,1H3,(H,12,13)(H,14,15). The lowest BCUT2D eigenvalue weighted by atomic mass is 9.95. The molecule has 4 N–H and O–H groups in total. The summed E-state index contributed by atoms with van der Waals surface area (Å²) >= 11 is 0. The van der Waals surface area contributed by atoms with E-state index in [1.54, 1.807) is 0 Å². The maximum absolute atomic E-state index is 11.6. The van der Waals surface area contributed by atoms with Crippen molar-refractivity contribution in [3.05, 3.63) is 0 Å². The maximum Gasteiger partial charge on any atom is 0.307 e. The Morgan fingerprint density at radius 2 is 2.00 bits per heavy atom. The van der Waals surface area contributed by atoms with Crippen LogP contribution in [0.5, 0.6) is 0 Å². The number of amides is 1. The lowest BCUT2D eigenvalue weighted by molar-refractivity contribution is -0.146. The molecule has 1 rings (SSSR count). The fraction of sp³-hybridized carbons (Fsp3) is 0.800. The molecule has 0 aliphatic heterocycles. The first-order chi connectivity index (χ1) is 7.06. The third-order valence-corrected chi connectivity index (χ3v) is 2.90. The van der Waals surface area contributed by atoms with Crippen molar-refractivity contribution in [3.8, 4) is 0 Å². The fourth-order valence-corrected chi connectivity index (χ4v) is 2.18. The molecule has 0 heterocycles. The molecule has 15 heavy (non-hydrogen) atoms. The Morgan fingerprint density at radius 1 is 1.40 bits per heavy atom. The molecule has 3 atom stereocenters. The summed E-state index contributed by atoms with van der Waals surface area (Å²) in [6, 6.07) is 0. The molecule has 0 aromatic rings. The van der Waals surface area contributed by atoms with Gasteiger partial charge in [-0.05, 0) is 18.8 Å². The topological polar surface area (TPSA) is 92.4 Å². The summed E-state index contributed by atoms with van der Waals surface area (Å²) in [5, 5.41) is 11.6. The minimum absolute atomic E-state index is 0.169. The van der Waals surface area contributed by atoms with Crippen LogP contribution in [-0.2, 0) is 9.59 Å². The summed E-state index contributed by atoms with van der Waals surface area (Å²) < 4.78 is 0. The normalized spacial score (nSPS) is 30.1. The smallest absolute Gasteiger partial charge is 0.307 e. The molecule has 0 spiro atoms. The summed E-state index contributed by atoms with van der Waals surface area (Å²) in [5.74, 6) is -1.65. The van der Waals surface area contributed by atoms with Gasteiger partial charge >= 0.3 is 5.97 Å². The third-order valence-electron chi connectivity index (χ3n) is 2.90. The SMILES string of the molecule is CC1CC(C(=O)O)C(C(=O)NCCN)C1. The molecule has 1 saturated carbocycles. The number of carboxylic acids is 1. The Kier molecular flexibility index (Phi) is 4.08. The molecule has 0 radical (unpaired) electrons. The van der Waals surface area contributed by atoms with Gasteiger partial charge in [-0.2, -0.15) is 0 Å². The predicted molar refractivity (Wildman–Crippen MR) is 55.1 cm³/mol. The molecule has 5 heteroatoms. The van der Waals surface area contributed by atoms with Crippen LogP contribution in [0.1, 0.15) is 19.8 Å². The second-order valence-corrected chi connectivity index (χ2v) is 4.21. The van der Waals surface area contributed by atoms with Gasteiger partial charge in [0.05, 0.1) is 11.8 Å². The van der Waals surface area contributed by atoms with Gasteiger partial charge < -0.3 is 16.2 Å². The first-order valence-electron chi connectivity index (χ1n) is 5.26. The highest BCUT2D eigenvalue weighted by Gasteiger charge is 2.40. The van der Waals surface area contributed by atoms with E-state index in [1.165, 1.54) is 0 Å². The molecule has 0 aromatic heterocycles. The average Bonchev–Trinajstić information content (AvgIpc) is 2.57. The van der Waals surface area contributed by atoms with Crippen LogP contribution in [0.2, 0.25) is 0 Å². The van der Waals surface area contributed by atoms with Gasteiger partial charge in [0, 0.05) is 13.1 Å². The van der Waals surface area contributed by atoms with E-state index in [1.807, 2.05) is 6.92 Å². The number of carboxylic acid groups (broad SMARTS) is 1. The molecule has 1 amide bonds. The number of nitrogens with two attached hydrogens (primary N) is 1. The molecule has 0 saturated heterocycles. The lowest BCUT2D eigenvalue weighted by Crippen LogP contribution is -2.37. The van der Waals surface area contributed by atoms with Gasteiger partial charge in [-0.25, -0.2) is 0 Å². The van der Waals surface area contributed by atoms with Crippen molar-refractivity contribution in [1.82, 2.24) is 5.32 Å². The van der Waals surface area contributed by atoms with Crippen LogP contribution in [0.15, 0.2) is 0 Å². The summed E-state index contributed by atoms with van der Waals surface area (Å²) in [6.07, 6.45) is 1.25. The van der Waals surface area contributed by atoms with Crippen LogP contribution in [0, 0.1) is 17.8 Å². The van der Waals surface area contributed by atoms with Crippen LogP contribution in [0.25, 0.3) is 0 Å². The first-order valence-corrected chi connectivity index (χ1v) is 5.26. The van der Waals surface area contributed by atoms with Crippen molar-refractivity contribution in [2.45, 2.75) is 19.8 Å².